The van der Waals surface area contributed by atoms with E-state index in [1.807, 2.05) is 18.2 Å². The number of likely N-dealkylation sites (tertiary alicyclic amines) is 1. The average Bonchev–Trinajstić information content (AvgIpc) is 2.95. The van der Waals surface area contributed by atoms with Crippen LogP contribution in [-0.2, 0) is 9.53 Å². The van der Waals surface area contributed by atoms with Crippen LogP contribution >= 0.6 is 22.6 Å². The Balaban J connectivity index is 1.95. The van der Waals surface area contributed by atoms with Crippen LogP contribution in [0.4, 0.5) is 0 Å². The van der Waals surface area contributed by atoms with Crippen LogP contribution < -0.4 is 0 Å². The third-order valence-corrected chi connectivity index (χ3v) is 6.55. The quantitative estimate of drug-likeness (QED) is 0.479. The van der Waals surface area contributed by atoms with Crippen molar-refractivity contribution in [3.63, 3.8) is 0 Å². The third kappa shape index (κ3) is 2.39. The largest absolute Gasteiger partial charge is 0.468 e. The van der Waals surface area contributed by atoms with E-state index in [-0.39, 0.29) is 40.0 Å². The number of carbonyl (C=O) groups excluding carboxylic acids is 1. The SMILES string of the molecule is COC(=O)[C@@H]1[C@@H]2CC(O)[C@@H]([C@H]2I)N1[C@H](C)c1ccccc1. The van der Waals surface area contributed by atoms with Crippen molar-refractivity contribution in [1.82, 2.24) is 4.90 Å². The lowest BCUT2D eigenvalue weighted by molar-refractivity contribution is -0.151. The van der Waals surface area contributed by atoms with E-state index in [9.17, 15) is 9.90 Å². The second-order valence-electron chi connectivity index (χ2n) is 5.90. The Bertz CT molecular complexity index is 524. The van der Waals surface area contributed by atoms with Crippen LogP contribution in [0, 0.1) is 5.92 Å². The Kier molecular flexibility index (Phi) is 4.25. The van der Waals surface area contributed by atoms with Gasteiger partial charge in [0.2, 0.25) is 0 Å². The molecule has 21 heavy (non-hydrogen) atoms. The Morgan fingerprint density at radius 2 is 2.10 bits per heavy atom. The van der Waals surface area contributed by atoms with Crippen molar-refractivity contribution in [3.8, 4) is 0 Å². The van der Waals surface area contributed by atoms with Crippen LogP contribution in [0.3, 0.4) is 0 Å². The molecule has 3 rings (SSSR count). The first-order valence-electron chi connectivity index (χ1n) is 7.28. The first-order valence-corrected chi connectivity index (χ1v) is 8.53. The number of carbonyl (C=O) groups is 1. The van der Waals surface area contributed by atoms with Gasteiger partial charge in [0.1, 0.15) is 6.04 Å². The molecule has 1 heterocycles. The van der Waals surface area contributed by atoms with Crippen molar-refractivity contribution in [2.75, 3.05) is 7.11 Å². The number of aliphatic hydroxyl groups is 1. The molecule has 2 bridgehead atoms. The second-order valence-corrected chi connectivity index (χ2v) is 7.34. The summed E-state index contributed by atoms with van der Waals surface area (Å²) in [5.74, 6) is -0.0111. The number of alkyl halides is 1. The highest BCUT2D eigenvalue weighted by molar-refractivity contribution is 14.1. The molecule has 1 aliphatic heterocycles. The minimum atomic E-state index is -0.357. The molecule has 6 atom stereocenters. The van der Waals surface area contributed by atoms with Gasteiger partial charge in [-0.2, -0.15) is 0 Å². The molecule has 114 valence electrons. The summed E-state index contributed by atoms with van der Waals surface area (Å²) < 4.78 is 5.31. The number of piperidine rings is 1. The smallest absolute Gasteiger partial charge is 0.323 e. The third-order valence-electron chi connectivity index (χ3n) is 4.89. The molecule has 1 saturated heterocycles. The molecule has 1 aromatic rings. The van der Waals surface area contributed by atoms with Gasteiger partial charge in [0, 0.05) is 21.9 Å². The molecule has 1 saturated carbocycles. The number of nitrogens with zero attached hydrogens (tertiary/aromatic N) is 1. The van der Waals surface area contributed by atoms with Gasteiger partial charge in [-0.15, -0.1) is 0 Å². The van der Waals surface area contributed by atoms with Gasteiger partial charge in [-0.05, 0) is 18.9 Å². The molecular weight excluding hydrogens is 381 g/mol. The molecule has 1 aromatic carbocycles. The predicted molar refractivity (Wildman–Crippen MR) is 88.2 cm³/mol. The molecule has 0 aromatic heterocycles. The zero-order valence-electron chi connectivity index (χ0n) is 12.1. The Labute approximate surface area is 138 Å². The zero-order chi connectivity index (χ0) is 15.1. The van der Waals surface area contributed by atoms with E-state index in [4.69, 9.17) is 4.74 Å². The molecule has 1 aliphatic carbocycles. The van der Waals surface area contributed by atoms with Gasteiger partial charge >= 0.3 is 5.97 Å². The molecule has 0 radical (unpaired) electrons. The zero-order valence-corrected chi connectivity index (χ0v) is 14.3. The van der Waals surface area contributed by atoms with E-state index in [1.54, 1.807) is 0 Å². The summed E-state index contributed by atoms with van der Waals surface area (Å²) >= 11 is 2.39. The highest BCUT2D eigenvalue weighted by atomic mass is 127. The summed E-state index contributed by atoms with van der Waals surface area (Å²) in [5, 5.41) is 10.3. The topological polar surface area (TPSA) is 49.8 Å². The maximum Gasteiger partial charge on any atom is 0.323 e. The average molecular weight is 401 g/mol. The summed E-state index contributed by atoms with van der Waals surface area (Å²) in [4.78, 5) is 14.4. The van der Waals surface area contributed by atoms with Crippen molar-refractivity contribution in [2.45, 2.75) is 41.5 Å². The van der Waals surface area contributed by atoms with E-state index in [0.29, 0.717) is 6.42 Å². The van der Waals surface area contributed by atoms with Gasteiger partial charge in [-0.3, -0.25) is 9.69 Å². The van der Waals surface area contributed by atoms with Gasteiger partial charge in [0.15, 0.2) is 0 Å². The lowest BCUT2D eigenvalue weighted by atomic mass is 9.94. The number of benzene rings is 1. The van der Waals surface area contributed by atoms with Crippen molar-refractivity contribution < 1.29 is 14.6 Å². The van der Waals surface area contributed by atoms with Crippen molar-refractivity contribution in [1.29, 1.82) is 0 Å². The number of esters is 1. The fraction of sp³-hybridized carbons (Fsp3) is 0.562. The number of fused-ring (bicyclic) bond motifs is 2. The number of hydrogen-bond donors (Lipinski definition) is 1. The molecule has 2 aliphatic rings. The second kappa shape index (κ2) is 5.85. The number of halogens is 1. The Hall–Kier alpha value is -0.660. The van der Waals surface area contributed by atoms with Gasteiger partial charge in [-0.1, -0.05) is 52.9 Å². The first kappa shape index (κ1) is 15.2. The summed E-state index contributed by atoms with van der Waals surface area (Å²) in [6.45, 7) is 2.10. The van der Waals surface area contributed by atoms with E-state index >= 15 is 0 Å². The summed E-state index contributed by atoms with van der Waals surface area (Å²) in [6, 6.07) is 9.99. The van der Waals surface area contributed by atoms with E-state index in [0.717, 1.165) is 5.56 Å². The van der Waals surface area contributed by atoms with Crippen molar-refractivity contribution in [2.24, 2.45) is 5.92 Å². The Morgan fingerprint density at radius 1 is 1.43 bits per heavy atom. The highest BCUT2D eigenvalue weighted by Crippen LogP contribution is 2.50. The van der Waals surface area contributed by atoms with Gasteiger partial charge in [0.05, 0.1) is 13.2 Å². The maximum atomic E-state index is 12.3. The maximum absolute atomic E-state index is 12.3. The minimum Gasteiger partial charge on any atom is -0.468 e. The summed E-state index contributed by atoms with van der Waals surface area (Å²) in [6.07, 6.45) is 0.333. The minimum absolute atomic E-state index is 0.0231. The molecule has 0 amide bonds. The number of methoxy groups -OCH3 is 1. The van der Waals surface area contributed by atoms with Crippen molar-refractivity contribution in [3.05, 3.63) is 35.9 Å². The fourth-order valence-corrected chi connectivity index (χ4v) is 5.44. The summed E-state index contributed by atoms with van der Waals surface area (Å²) in [7, 11) is 1.44. The molecule has 1 N–H and O–H groups in total. The Morgan fingerprint density at radius 3 is 2.71 bits per heavy atom. The molecule has 1 unspecified atom stereocenters. The van der Waals surface area contributed by atoms with E-state index < -0.39 is 0 Å². The molecule has 5 heteroatoms. The highest BCUT2D eigenvalue weighted by Gasteiger charge is 2.60. The molecule has 2 fully saturated rings. The van der Waals surface area contributed by atoms with Crippen LogP contribution in [-0.4, -0.2) is 45.2 Å². The monoisotopic (exact) mass is 401 g/mol. The lowest BCUT2D eigenvalue weighted by Gasteiger charge is -2.40. The normalized spacial score (nSPS) is 36.7. The number of ether oxygens (including phenoxy) is 1. The van der Waals surface area contributed by atoms with Crippen LogP contribution in [0.15, 0.2) is 30.3 Å². The molecule has 0 spiro atoms. The summed E-state index contributed by atoms with van der Waals surface area (Å²) in [5.41, 5.74) is 1.16. The van der Waals surface area contributed by atoms with Crippen LogP contribution in [0.1, 0.15) is 24.9 Å². The van der Waals surface area contributed by atoms with Gasteiger partial charge in [-0.25, -0.2) is 0 Å². The molecule has 4 nitrogen and oxygen atoms in total. The van der Waals surface area contributed by atoms with Gasteiger partial charge in [0.25, 0.3) is 0 Å². The molecular formula is C16H20INO3. The first-order chi connectivity index (χ1) is 10.1. The van der Waals surface area contributed by atoms with E-state index in [2.05, 4.69) is 46.5 Å². The van der Waals surface area contributed by atoms with E-state index in [1.165, 1.54) is 7.11 Å². The number of aliphatic hydroxyl groups excluding tert-OH is 1. The standard InChI is InChI=1S/C16H20INO3/c1-9(10-6-4-3-5-7-10)18-14(16(20)21-2)11-8-12(19)15(18)13(11)17/h3-7,9,11-15,19H,8H2,1-2H3/t9-,11-,12?,13+,14+,15+/m1/s1. The van der Waals surface area contributed by atoms with Crippen LogP contribution in [0.25, 0.3) is 0 Å². The number of hydrogen-bond acceptors (Lipinski definition) is 4. The predicted octanol–water partition coefficient (Wildman–Crippen LogP) is 2.16. The van der Waals surface area contributed by atoms with Crippen LogP contribution in [0.2, 0.25) is 0 Å². The fourth-order valence-electron chi connectivity index (χ4n) is 3.91. The number of rotatable bonds is 3. The van der Waals surface area contributed by atoms with Gasteiger partial charge < -0.3 is 9.84 Å². The van der Waals surface area contributed by atoms with Crippen LogP contribution in [0.5, 0.6) is 0 Å². The lowest BCUT2D eigenvalue weighted by Crippen LogP contribution is -2.52. The van der Waals surface area contributed by atoms with Crippen molar-refractivity contribution >= 4 is 28.6 Å².